The predicted molar refractivity (Wildman–Crippen MR) is 128 cm³/mol. The van der Waals surface area contributed by atoms with Gasteiger partial charge in [-0.05, 0) is 49.1 Å². The van der Waals surface area contributed by atoms with Crippen LogP contribution in [0.2, 0.25) is 0 Å². The van der Waals surface area contributed by atoms with E-state index in [1.807, 2.05) is 19.3 Å². The summed E-state index contributed by atoms with van der Waals surface area (Å²) in [5, 5.41) is 13.3. The molecule has 1 aliphatic rings. The zero-order valence-corrected chi connectivity index (χ0v) is 19.2. The lowest BCUT2D eigenvalue weighted by Gasteiger charge is -2.18. The maximum atomic E-state index is 13.5. The van der Waals surface area contributed by atoms with Crippen molar-refractivity contribution in [3.05, 3.63) is 65.7 Å². The lowest BCUT2D eigenvalue weighted by atomic mass is 10.1. The second-order valence-corrected chi connectivity index (χ2v) is 8.52. The van der Waals surface area contributed by atoms with E-state index >= 15 is 0 Å². The van der Waals surface area contributed by atoms with Crippen LogP contribution < -0.4 is 16.0 Å². The van der Waals surface area contributed by atoms with Crippen LogP contribution in [0, 0.1) is 5.82 Å². The smallest absolute Gasteiger partial charge is 0.255 e. The van der Waals surface area contributed by atoms with Crippen molar-refractivity contribution in [3.8, 4) is 11.3 Å². The van der Waals surface area contributed by atoms with Gasteiger partial charge in [0.1, 0.15) is 11.6 Å². The summed E-state index contributed by atoms with van der Waals surface area (Å²) >= 11 is 0. The van der Waals surface area contributed by atoms with Crippen LogP contribution in [0.3, 0.4) is 0 Å². The second-order valence-electron chi connectivity index (χ2n) is 8.52. The van der Waals surface area contributed by atoms with E-state index in [1.165, 1.54) is 12.1 Å². The van der Waals surface area contributed by atoms with Crippen LogP contribution >= 0.6 is 0 Å². The molecule has 0 spiro atoms. The predicted octanol–water partition coefficient (Wildman–Crippen LogP) is 3.06. The molecule has 0 radical (unpaired) electrons. The minimum atomic E-state index is -0.278. The van der Waals surface area contributed by atoms with Crippen molar-refractivity contribution in [3.63, 3.8) is 0 Å². The zero-order chi connectivity index (χ0) is 23.9. The molecule has 0 bridgehead atoms. The molecule has 3 heterocycles. The van der Waals surface area contributed by atoms with Gasteiger partial charge in [-0.1, -0.05) is 18.6 Å². The van der Waals surface area contributed by atoms with Gasteiger partial charge in [0.2, 0.25) is 5.91 Å². The summed E-state index contributed by atoms with van der Waals surface area (Å²) in [6, 6.07) is 9.89. The number of nitrogens with one attached hydrogen (secondary N) is 3. The summed E-state index contributed by atoms with van der Waals surface area (Å²) in [7, 11) is 1.83. The van der Waals surface area contributed by atoms with Crippen molar-refractivity contribution < 1.29 is 14.0 Å². The second kappa shape index (κ2) is 10.9. The molecule has 178 valence electrons. The monoisotopic (exact) mass is 464 g/mol. The molecule has 1 saturated heterocycles. The Balaban J connectivity index is 1.48. The molecule has 34 heavy (non-hydrogen) atoms. The Morgan fingerprint density at radius 3 is 2.94 bits per heavy atom. The van der Waals surface area contributed by atoms with E-state index in [9.17, 15) is 14.0 Å². The largest absolute Gasteiger partial charge is 0.369 e. The van der Waals surface area contributed by atoms with Gasteiger partial charge in [-0.2, -0.15) is 5.10 Å². The number of aryl methyl sites for hydroxylation is 1. The van der Waals surface area contributed by atoms with Gasteiger partial charge in [0.05, 0.1) is 17.5 Å². The molecule has 1 atom stereocenters. The summed E-state index contributed by atoms with van der Waals surface area (Å²) in [5.74, 6) is -0.0732. The minimum Gasteiger partial charge on any atom is -0.369 e. The number of hydrogen-bond acceptors (Lipinski definition) is 5. The number of hydrogen-bond donors (Lipinski definition) is 3. The van der Waals surface area contributed by atoms with Crippen molar-refractivity contribution in [1.82, 2.24) is 25.4 Å². The third-order valence-electron chi connectivity index (χ3n) is 5.82. The highest BCUT2D eigenvalue weighted by Crippen LogP contribution is 2.22. The highest BCUT2D eigenvalue weighted by Gasteiger charge is 2.19. The first kappa shape index (κ1) is 23.4. The molecule has 2 amide bonds. The van der Waals surface area contributed by atoms with Crippen molar-refractivity contribution in [2.75, 3.05) is 18.4 Å². The number of halogens is 1. The molecule has 1 aromatic carbocycles. The lowest BCUT2D eigenvalue weighted by Crippen LogP contribution is -2.42. The molecule has 4 rings (SSSR count). The average molecular weight is 465 g/mol. The topological polar surface area (TPSA) is 101 Å². The molecular formula is C25H29FN6O2. The van der Waals surface area contributed by atoms with Crippen molar-refractivity contribution in [2.45, 2.75) is 38.1 Å². The minimum absolute atomic E-state index is 0.0268. The number of rotatable bonds is 8. The van der Waals surface area contributed by atoms with Crippen molar-refractivity contribution >= 4 is 17.6 Å². The Bertz CT molecular complexity index is 1160. The van der Waals surface area contributed by atoms with Gasteiger partial charge in [-0.25, -0.2) is 9.37 Å². The number of pyridine rings is 1. The van der Waals surface area contributed by atoms with Crippen LogP contribution in [0.5, 0.6) is 0 Å². The van der Waals surface area contributed by atoms with Crippen LogP contribution in [0.1, 0.15) is 41.6 Å². The maximum Gasteiger partial charge on any atom is 0.255 e. The van der Waals surface area contributed by atoms with E-state index in [0.717, 1.165) is 30.4 Å². The SMILES string of the molecule is Cn1cc(-c2ccc(C(=O)NCC3CCCCC(=O)N3)c(NCCc3cccc(F)c3)n2)cn1. The fourth-order valence-corrected chi connectivity index (χ4v) is 4.02. The standard InChI is InChI=1S/C25H29FN6O2/c1-32-16-18(14-29-32)22-10-9-21(25(34)28-15-20-7-2-3-8-23(33)30-20)24(31-22)27-12-11-17-5-4-6-19(26)13-17/h4-6,9-10,13-14,16,20H,2-3,7-8,11-12,15H2,1H3,(H,27,31)(H,28,34)(H,30,33). The molecule has 1 aliphatic heterocycles. The van der Waals surface area contributed by atoms with Gasteiger partial charge < -0.3 is 16.0 Å². The first-order chi connectivity index (χ1) is 16.5. The van der Waals surface area contributed by atoms with Crippen LogP contribution in [0.25, 0.3) is 11.3 Å². The Kier molecular flexibility index (Phi) is 7.51. The molecule has 8 nitrogen and oxygen atoms in total. The summed E-state index contributed by atoms with van der Waals surface area (Å²) < 4.78 is 15.2. The molecular weight excluding hydrogens is 435 g/mol. The van der Waals surface area contributed by atoms with E-state index in [2.05, 4.69) is 26.0 Å². The number of amides is 2. The molecule has 1 fully saturated rings. The average Bonchev–Trinajstić information content (AvgIpc) is 3.14. The molecule has 3 aromatic rings. The number of carbonyl (C=O) groups is 2. The number of anilines is 1. The fraction of sp³-hybridized carbons (Fsp3) is 0.360. The highest BCUT2D eigenvalue weighted by atomic mass is 19.1. The number of nitrogens with zero attached hydrogens (tertiary/aromatic N) is 3. The zero-order valence-electron chi connectivity index (χ0n) is 19.2. The van der Waals surface area contributed by atoms with Crippen LogP contribution in [0.4, 0.5) is 10.2 Å². The third kappa shape index (κ3) is 6.18. The van der Waals surface area contributed by atoms with Gasteiger partial charge in [0.15, 0.2) is 0 Å². The quantitative estimate of drug-likeness (QED) is 0.476. The maximum absolute atomic E-state index is 13.5. The number of aromatic nitrogens is 3. The first-order valence-corrected chi connectivity index (χ1v) is 11.5. The van der Waals surface area contributed by atoms with Crippen molar-refractivity contribution in [1.29, 1.82) is 0 Å². The summed E-state index contributed by atoms with van der Waals surface area (Å²) in [4.78, 5) is 29.5. The molecule has 9 heteroatoms. The van der Waals surface area contributed by atoms with Gasteiger partial charge in [-0.15, -0.1) is 0 Å². The van der Waals surface area contributed by atoms with E-state index in [4.69, 9.17) is 0 Å². The van der Waals surface area contributed by atoms with Gasteiger partial charge in [0.25, 0.3) is 5.91 Å². The Hall–Kier alpha value is -3.75. The number of benzene rings is 1. The molecule has 0 saturated carbocycles. The van der Waals surface area contributed by atoms with E-state index < -0.39 is 0 Å². The highest BCUT2D eigenvalue weighted by molar-refractivity contribution is 5.99. The van der Waals surface area contributed by atoms with Gasteiger partial charge >= 0.3 is 0 Å². The van der Waals surface area contributed by atoms with E-state index in [-0.39, 0.29) is 23.7 Å². The normalized spacial score (nSPS) is 15.9. The van der Waals surface area contributed by atoms with Crippen LogP contribution in [-0.2, 0) is 18.3 Å². The van der Waals surface area contributed by atoms with E-state index in [1.54, 1.807) is 29.1 Å². The molecule has 1 unspecified atom stereocenters. The Morgan fingerprint density at radius 1 is 1.26 bits per heavy atom. The van der Waals surface area contributed by atoms with Crippen molar-refractivity contribution in [2.24, 2.45) is 7.05 Å². The van der Waals surface area contributed by atoms with E-state index in [0.29, 0.717) is 43.0 Å². The third-order valence-corrected chi connectivity index (χ3v) is 5.82. The first-order valence-electron chi connectivity index (χ1n) is 11.5. The van der Waals surface area contributed by atoms with Crippen LogP contribution in [-0.4, -0.2) is 45.7 Å². The number of carbonyl (C=O) groups excluding carboxylic acids is 2. The molecule has 2 aromatic heterocycles. The van der Waals surface area contributed by atoms with Gasteiger partial charge in [0, 0.05) is 44.4 Å². The lowest BCUT2D eigenvalue weighted by molar-refractivity contribution is -0.121. The van der Waals surface area contributed by atoms with Gasteiger partial charge in [-0.3, -0.25) is 14.3 Å². The molecule has 3 N–H and O–H groups in total. The summed E-state index contributed by atoms with van der Waals surface area (Å²) in [5.41, 5.74) is 2.79. The fourth-order valence-electron chi connectivity index (χ4n) is 4.02. The summed E-state index contributed by atoms with van der Waals surface area (Å²) in [6.45, 7) is 0.837. The van der Waals surface area contributed by atoms with Crippen LogP contribution in [0.15, 0.2) is 48.8 Å². The molecule has 0 aliphatic carbocycles. The summed E-state index contributed by atoms with van der Waals surface area (Å²) in [6.07, 6.45) is 7.34. The Morgan fingerprint density at radius 2 is 2.15 bits per heavy atom. The Labute approximate surface area is 198 Å².